The fourth-order valence-electron chi connectivity index (χ4n) is 1.54. The van der Waals surface area contributed by atoms with E-state index in [1.54, 1.807) is 0 Å². The zero-order valence-corrected chi connectivity index (χ0v) is 17.3. The van der Waals surface area contributed by atoms with Gasteiger partial charge in [-0.2, -0.15) is 0 Å². The molecule has 0 fully saturated rings. The van der Waals surface area contributed by atoms with E-state index in [0.717, 1.165) is 0 Å². The molecule has 0 aliphatic rings. The lowest BCUT2D eigenvalue weighted by Crippen LogP contribution is -2.36. The van der Waals surface area contributed by atoms with Crippen LogP contribution in [0.4, 0.5) is 0 Å². The van der Waals surface area contributed by atoms with Crippen molar-refractivity contribution in [3.63, 3.8) is 0 Å². The normalized spacial score (nSPS) is 12.2. The Balaban J connectivity index is 3.28. The van der Waals surface area contributed by atoms with Crippen molar-refractivity contribution < 1.29 is 28.5 Å². The maximum Gasteiger partial charge on any atom is 0.225 e. The van der Waals surface area contributed by atoms with Crippen LogP contribution in [-0.4, -0.2) is 71.1 Å². The zero-order chi connectivity index (χ0) is 20.1. The highest BCUT2D eigenvalue weighted by Gasteiger charge is 2.21. The fraction of sp³-hybridized carbons (Fsp3) is 0.895. The molecule has 1 N–H and O–H groups in total. The van der Waals surface area contributed by atoms with Gasteiger partial charge < -0.3 is 24.3 Å². The molecule has 0 spiro atoms. The molecule has 0 aliphatic heterocycles. The van der Waals surface area contributed by atoms with Crippen LogP contribution in [0.1, 0.15) is 41.5 Å². The van der Waals surface area contributed by atoms with E-state index in [0.29, 0.717) is 52.8 Å². The first-order chi connectivity index (χ1) is 12.0. The van der Waals surface area contributed by atoms with Gasteiger partial charge in [-0.15, -0.1) is 0 Å². The van der Waals surface area contributed by atoms with E-state index in [1.807, 2.05) is 41.5 Å². The highest BCUT2D eigenvalue weighted by atomic mass is 16.6. The molecule has 0 atom stereocenters. The average Bonchev–Trinajstić information content (AvgIpc) is 2.52. The summed E-state index contributed by atoms with van der Waals surface area (Å²) < 4.78 is 21.4. The van der Waals surface area contributed by atoms with Gasteiger partial charge in [-0.05, 0) is 0 Å². The Kier molecular flexibility index (Phi) is 12.7. The number of ether oxygens (including phenoxy) is 4. The van der Waals surface area contributed by atoms with Crippen molar-refractivity contribution in [2.45, 2.75) is 41.5 Å². The van der Waals surface area contributed by atoms with Crippen molar-refractivity contribution >= 4 is 11.7 Å². The SMILES string of the molecule is CC(C)(C)C(=O)COCCOCCOCCOCCNC(=O)C(C)(C)C. The Hall–Kier alpha value is -1.02. The summed E-state index contributed by atoms with van der Waals surface area (Å²) in [5.74, 6) is 0.0973. The summed E-state index contributed by atoms with van der Waals surface area (Å²) in [4.78, 5) is 23.2. The number of carbonyl (C=O) groups excluding carboxylic acids is 2. The molecule has 0 aromatic carbocycles. The van der Waals surface area contributed by atoms with Crippen LogP contribution >= 0.6 is 0 Å². The standard InChI is InChI=1S/C19H37NO6/c1-18(2,3)16(21)15-26-14-13-25-12-11-24-10-9-23-8-7-20-17(22)19(4,5)6/h7-15H2,1-6H3,(H,20,22). The Morgan fingerprint density at radius 3 is 1.50 bits per heavy atom. The maximum absolute atomic E-state index is 11.6. The molecule has 0 rings (SSSR count). The van der Waals surface area contributed by atoms with Crippen LogP contribution in [0.2, 0.25) is 0 Å². The second-order valence-electron chi connectivity index (χ2n) is 8.07. The minimum absolute atomic E-state index is 0.0150. The molecule has 0 radical (unpaired) electrons. The van der Waals surface area contributed by atoms with Gasteiger partial charge in [-0.3, -0.25) is 9.59 Å². The molecule has 0 saturated carbocycles. The topological polar surface area (TPSA) is 83.1 Å². The van der Waals surface area contributed by atoms with Gasteiger partial charge in [0.25, 0.3) is 0 Å². The molecule has 0 saturated heterocycles. The Morgan fingerprint density at radius 2 is 1.08 bits per heavy atom. The number of hydrogen-bond donors (Lipinski definition) is 1. The van der Waals surface area contributed by atoms with Crippen LogP contribution in [0.5, 0.6) is 0 Å². The second kappa shape index (κ2) is 13.2. The number of ketones is 1. The first kappa shape index (κ1) is 25.0. The molecule has 0 bridgehead atoms. The van der Waals surface area contributed by atoms with E-state index < -0.39 is 0 Å². The van der Waals surface area contributed by atoms with Crippen molar-refractivity contribution in [2.75, 3.05) is 59.4 Å². The van der Waals surface area contributed by atoms with E-state index >= 15 is 0 Å². The molecule has 154 valence electrons. The number of nitrogens with one attached hydrogen (secondary N) is 1. The fourth-order valence-corrected chi connectivity index (χ4v) is 1.54. The molecule has 1 amide bonds. The highest BCUT2D eigenvalue weighted by Crippen LogP contribution is 2.14. The summed E-state index contributed by atoms with van der Waals surface area (Å²) in [5, 5.41) is 2.82. The molecule has 7 nitrogen and oxygen atoms in total. The van der Waals surface area contributed by atoms with Gasteiger partial charge in [-0.25, -0.2) is 0 Å². The lowest BCUT2D eigenvalue weighted by Gasteiger charge is -2.17. The van der Waals surface area contributed by atoms with Gasteiger partial charge in [0.05, 0.1) is 46.2 Å². The van der Waals surface area contributed by atoms with Gasteiger partial charge in [0.15, 0.2) is 5.78 Å². The summed E-state index contributed by atoms with van der Waals surface area (Å²) in [6, 6.07) is 0. The van der Waals surface area contributed by atoms with Crippen molar-refractivity contribution in [2.24, 2.45) is 10.8 Å². The maximum atomic E-state index is 11.6. The minimum Gasteiger partial charge on any atom is -0.377 e. The Labute approximate surface area is 158 Å². The van der Waals surface area contributed by atoms with Gasteiger partial charge in [0.1, 0.15) is 6.61 Å². The Bertz CT molecular complexity index is 360. The lowest BCUT2D eigenvalue weighted by molar-refractivity contribution is -0.131. The predicted octanol–water partition coefficient (Wildman–Crippen LogP) is 1.83. The third-order valence-corrected chi connectivity index (χ3v) is 3.40. The zero-order valence-electron chi connectivity index (χ0n) is 17.3. The monoisotopic (exact) mass is 375 g/mol. The summed E-state index contributed by atoms with van der Waals surface area (Å²) in [5.41, 5.74) is -0.745. The van der Waals surface area contributed by atoms with Crippen LogP contribution in [0.25, 0.3) is 0 Å². The quantitative estimate of drug-likeness (QED) is 0.467. The van der Waals surface area contributed by atoms with E-state index in [2.05, 4.69) is 5.32 Å². The number of hydrogen-bond acceptors (Lipinski definition) is 6. The van der Waals surface area contributed by atoms with Crippen molar-refractivity contribution in [3.8, 4) is 0 Å². The van der Waals surface area contributed by atoms with E-state index in [1.165, 1.54) is 0 Å². The molecule has 0 unspecified atom stereocenters. The minimum atomic E-state index is -0.379. The molecule has 0 aliphatic carbocycles. The van der Waals surface area contributed by atoms with E-state index in [-0.39, 0.29) is 29.1 Å². The molecule has 0 aromatic rings. The molecular weight excluding hydrogens is 338 g/mol. The van der Waals surface area contributed by atoms with Crippen LogP contribution in [0.3, 0.4) is 0 Å². The lowest BCUT2D eigenvalue weighted by atomic mass is 9.91. The number of amides is 1. The van der Waals surface area contributed by atoms with E-state index in [4.69, 9.17) is 18.9 Å². The molecule has 0 aromatic heterocycles. The number of rotatable bonds is 14. The summed E-state index contributed by atoms with van der Waals surface area (Å²) in [7, 11) is 0. The average molecular weight is 376 g/mol. The van der Waals surface area contributed by atoms with Gasteiger partial charge in [0, 0.05) is 17.4 Å². The van der Waals surface area contributed by atoms with Crippen LogP contribution < -0.4 is 5.32 Å². The van der Waals surface area contributed by atoms with Gasteiger partial charge in [0.2, 0.25) is 5.91 Å². The summed E-state index contributed by atoms with van der Waals surface area (Å²) in [6.45, 7) is 15.1. The molecular formula is C19H37NO6. The second-order valence-corrected chi connectivity index (χ2v) is 8.07. The van der Waals surface area contributed by atoms with Crippen LogP contribution in [-0.2, 0) is 28.5 Å². The number of Topliss-reactive ketones (excluding diaryl/α,β-unsaturated/α-hetero) is 1. The van der Waals surface area contributed by atoms with Crippen molar-refractivity contribution in [1.29, 1.82) is 0 Å². The Morgan fingerprint density at radius 1 is 0.654 bits per heavy atom. The van der Waals surface area contributed by atoms with Crippen LogP contribution in [0, 0.1) is 10.8 Å². The van der Waals surface area contributed by atoms with Crippen LogP contribution in [0.15, 0.2) is 0 Å². The first-order valence-corrected chi connectivity index (χ1v) is 9.17. The molecule has 26 heavy (non-hydrogen) atoms. The number of carbonyl (C=O) groups is 2. The van der Waals surface area contributed by atoms with Gasteiger partial charge in [-0.1, -0.05) is 41.5 Å². The summed E-state index contributed by atoms with van der Waals surface area (Å²) in [6.07, 6.45) is 0. The smallest absolute Gasteiger partial charge is 0.225 e. The largest absolute Gasteiger partial charge is 0.377 e. The molecule has 0 heterocycles. The third-order valence-electron chi connectivity index (χ3n) is 3.40. The van der Waals surface area contributed by atoms with E-state index in [9.17, 15) is 9.59 Å². The van der Waals surface area contributed by atoms with Crippen molar-refractivity contribution in [1.82, 2.24) is 5.32 Å². The summed E-state index contributed by atoms with van der Waals surface area (Å²) >= 11 is 0. The third kappa shape index (κ3) is 14.2. The first-order valence-electron chi connectivity index (χ1n) is 9.17. The predicted molar refractivity (Wildman–Crippen MR) is 100 cm³/mol. The van der Waals surface area contributed by atoms with Gasteiger partial charge >= 0.3 is 0 Å². The van der Waals surface area contributed by atoms with Crippen molar-refractivity contribution in [3.05, 3.63) is 0 Å². The highest BCUT2D eigenvalue weighted by molar-refractivity contribution is 5.84. The molecule has 7 heteroatoms.